The fraction of sp³-hybridized carbons (Fsp3) is 0.455. The van der Waals surface area contributed by atoms with Crippen LogP contribution in [0, 0.1) is 9.49 Å². The minimum atomic E-state index is 0.402. The summed E-state index contributed by atoms with van der Waals surface area (Å²) in [6, 6.07) is 9.18. The van der Waals surface area contributed by atoms with Crippen molar-refractivity contribution >= 4 is 34.4 Å². The Bertz CT molecular complexity index is 299. The highest BCUT2D eigenvalue weighted by Gasteiger charge is 2.24. The lowest BCUT2D eigenvalue weighted by molar-refractivity contribution is 0.515. The Morgan fingerprint density at radius 2 is 2.00 bits per heavy atom. The van der Waals surface area contributed by atoms with E-state index in [9.17, 15) is 0 Å². The number of thioether (sulfide) groups is 1. The van der Waals surface area contributed by atoms with Gasteiger partial charge in [0.1, 0.15) is 0 Å². The molecule has 1 saturated heterocycles. The minimum Gasteiger partial charge on any atom is -0.327 e. The maximum atomic E-state index is 6.03. The molecule has 3 heteroatoms. The van der Waals surface area contributed by atoms with Crippen molar-refractivity contribution in [3.05, 3.63) is 33.4 Å². The zero-order valence-electron chi connectivity index (χ0n) is 7.95. The van der Waals surface area contributed by atoms with Crippen LogP contribution in [0.1, 0.15) is 5.56 Å². The van der Waals surface area contributed by atoms with Gasteiger partial charge in [0.15, 0.2) is 0 Å². The van der Waals surface area contributed by atoms with Crippen LogP contribution in [0.5, 0.6) is 0 Å². The maximum Gasteiger partial charge on any atom is 0.0170 e. The fourth-order valence-electron chi connectivity index (χ4n) is 1.75. The van der Waals surface area contributed by atoms with Crippen LogP contribution in [-0.4, -0.2) is 17.5 Å². The lowest BCUT2D eigenvalue weighted by atomic mass is 9.96. The van der Waals surface area contributed by atoms with E-state index in [0.29, 0.717) is 12.0 Å². The molecule has 2 rings (SSSR count). The average Bonchev–Trinajstić information content (AvgIpc) is 2.56. The zero-order chi connectivity index (χ0) is 9.97. The Balaban J connectivity index is 2.00. The van der Waals surface area contributed by atoms with Crippen LogP contribution in [0.2, 0.25) is 0 Å². The lowest BCUT2D eigenvalue weighted by Crippen LogP contribution is -2.29. The highest BCUT2D eigenvalue weighted by atomic mass is 127. The van der Waals surface area contributed by atoms with Crippen LogP contribution >= 0.6 is 34.4 Å². The molecule has 1 aromatic carbocycles. The second-order valence-corrected chi connectivity index (χ2v) is 6.11. The molecule has 0 aromatic heterocycles. The molecule has 0 saturated carbocycles. The third-order valence-corrected chi connectivity index (χ3v) is 4.66. The van der Waals surface area contributed by atoms with Gasteiger partial charge in [-0.1, -0.05) is 12.1 Å². The van der Waals surface area contributed by atoms with Crippen LogP contribution < -0.4 is 5.73 Å². The summed E-state index contributed by atoms with van der Waals surface area (Å²) in [5.74, 6) is 3.04. The normalized spacial score (nSPS) is 26.7. The summed E-state index contributed by atoms with van der Waals surface area (Å²) < 4.78 is 1.30. The summed E-state index contributed by atoms with van der Waals surface area (Å²) in [6.45, 7) is 0. The van der Waals surface area contributed by atoms with Gasteiger partial charge >= 0.3 is 0 Å². The van der Waals surface area contributed by atoms with E-state index in [4.69, 9.17) is 5.73 Å². The Morgan fingerprint density at radius 1 is 1.29 bits per heavy atom. The average molecular weight is 319 g/mol. The fourth-order valence-corrected chi connectivity index (χ4v) is 3.46. The number of nitrogens with two attached hydrogens (primary N) is 1. The number of rotatable bonds is 2. The van der Waals surface area contributed by atoms with Gasteiger partial charge in [0.2, 0.25) is 0 Å². The van der Waals surface area contributed by atoms with Crippen molar-refractivity contribution in [2.24, 2.45) is 11.7 Å². The molecule has 1 aromatic rings. The third-order valence-electron chi connectivity index (χ3n) is 2.66. The summed E-state index contributed by atoms with van der Waals surface area (Å²) >= 11 is 4.32. The molecule has 0 radical (unpaired) electrons. The van der Waals surface area contributed by atoms with Crippen molar-refractivity contribution in [1.29, 1.82) is 0 Å². The summed E-state index contributed by atoms with van der Waals surface area (Å²) in [4.78, 5) is 0. The van der Waals surface area contributed by atoms with E-state index in [1.165, 1.54) is 14.9 Å². The SMILES string of the molecule is NC1CSCC1Cc1ccc(I)cc1. The van der Waals surface area contributed by atoms with E-state index in [0.717, 1.165) is 12.2 Å². The van der Waals surface area contributed by atoms with E-state index >= 15 is 0 Å². The van der Waals surface area contributed by atoms with Crippen LogP contribution in [0.25, 0.3) is 0 Å². The molecule has 1 aliphatic rings. The Kier molecular flexibility index (Phi) is 3.73. The molecule has 1 aliphatic heterocycles. The van der Waals surface area contributed by atoms with Crippen LogP contribution in [0.4, 0.5) is 0 Å². The van der Waals surface area contributed by atoms with Gasteiger partial charge in [-0.15, -0.1) is 0 Å². The number of hydrogen-bond acceptors (Lipinski definition) is 2. The van der Waals surface area contributed by atoms with Gasteiger partial charge in [-0.2, -0.15) is 11.8 Å². The summed E-state index contributed by atoms with van der Waals surface area (Å²) in [5.41, 5.74) is 7.46. The van der Waals surface area contributed by atoms with Gasteiger partial charge < -0.3 is 5.73 Å². The molecule has 76 valence electrons. The summed E-state index contributed by atoms with van der Waals surface area (Å²) in [5, 5.41) is 0. The first-order chi connectivity index (χ1) is 6.75. The number of hydrogen-bond donors (Lipinski definition) is 1. The molecule has 1 fully saturated rings. The van der Waals surface area contributed by atoms with Crippen molar-refractivity contribution in [2.45, 2.75) is 12.5 Å². The Morgan fingerprint density at radius 3 is 2.57 bits per heavy atom. The molecular weight excluding hydrogens is 305 g/mol. The highest BCUT2D eigenvalue weighted by Crippen LogP contribution is 2.26. The first-order valence-electron chi connectivity index (χ1n) is 4.83. The molecule has 2 N–H and O–H groups in total. The van der Waals surface area contributed by atoms with E-state index in [1.54, 1.807) is 0 Å². The van der Waals surface area contributed by atoms with Crippen molar-refractivity contribution in [1.82, 2.24) is 0 Å². The van der Waals surface area contributed by atoms with Crippen molar-refractivity contribution in [3.8, 4) is 0 Å². The molecular formula is C11H14INS. The van der Waals surface area contributed by atoms with E-state index in [1.807, 2.05) is 11.8 Å². The monoisotopic (exact) mass is 319 g/mol. The van der Waals surface area contributed by atoms with Crippen LogP contribution in [0.15, 0.2) is 24.3 Å². The molecule has 2 atom stereocenters. The van der Waals surface area contributed by atoms with Crippen LogP contribution in [0.3, 0.4) is 0 Å². The largest absolute Gasteiger partial charge is 0.327 e. The van der Waals surface area contributed by atoms with Crippen LogP contribution in [-0.2, 0) is 6.42 Å². The smallest absolute Gasteiger partial charge is 0.0170 e. The number of halogens is 1. The Hall–Kier alpha value is 0.260. The maximum absolute atomic E-state index is 6.03. The zero-order valence-corrected chi connectivity index (χ0v) is 10.9. The predicted molar refractivity (Wildman–Crippen MR) is 71.7 cm³/mol. The molecule has 1 nitrogen and oxygen atoms in total. The van der Waals surface area contributed by atoms with E-state index < -0.39 is 0 Å². The first kappa shape index (κ1) is 10.8. The molecule has 14 heavy (non-hydrogen) atoms. The molecule has 1 heterocycles. The van der Waals surface area contributed by atoms with E-state index in [2.05, 4.69) is 46.9 Å². The summed E-state index contributed by atoms with van der Waals surface area (Å²) in [7, 11) is 0. The van der Waals surface area contributed by atoms with E-state index in [-0.39, 0.29) is 0 Å². The third kappa shape index (κ3) is 2.64. The second kappa shape index (κ2) is 4.86. The molecule has 2 unspecified atom stereocenters. The molecule has 0 bridgehead atoms. The quantitative estimate of drug-likeness (QED) is 0.848. The predicted octanol–water partition coefficient (Wildman–Crippen LogP) is 2.52. The van der Waals surface area contributed by atoms with Gasteiger partial charge in [0, 0.05) is 15.4 Å². The van der Waals surface area contributed by atoms with Gasteiger partial charge in [0.25, 0.3) is 0 Å². The van der Waals surface area contributed by atoms with Crippen molar-refractivity contribution < 1.29 is 0 Å². The standard InChI is InChI=1S/C11H14INS/c12-10-3-1-8(2-4-10)5-9-6-14-7-11(9)13/h1-4,9,11H,5-7,13H2. The second-order valence-electron chi connectivity index (χ2n) is 3.79. The lowest BCUT2D eigenvalue weighted by Gasteiger charge is -2.13. The van der Waals surface area contributed by atoms with Gasteiger partial charge in [0.05, 0.1) is 0 Å². The number of benzene rings is 1. The molecule has 0 spiro atoms. The van der Waals surface area contributed by atoms with Gasteiger partial charge in [-0.05, 0) is 58.4 Å². The topological polar surface area (TPSA) is 26.0 Å². The highest BCUT2D eigenvalue weighted by molar-refractivity contribution is 14.1. The summed E-state index contributed by atoms with van der Waals surface area (Å²) in [6.07, 6.45) is 1.14. The Labute approximate surface area is 103 Å². The molecule has 0 aliphatic carbocycles. The molecule has 0 amide bonds. The van der Waals surface area contributed by atoms with Crippen molar-refractivity contribution in [2.75, 3.05) is 11.5 Å². The minimum absolute atomic E-state index is 0.402. The van der Waals surface area contributed by atoms with Gasteiger partial charge in [-0.25, -0.2) is 0 Å². The van der Waals surface area contributed by atoms with Crippen molar-refractivity contribution in [3.63, 3.8) is 0 Å². The van der Waals surface area contributed by atoms with Gasteiger partial charge in [-0.3, -0.25) is 0 Å². The first-order valence-corrected chi connectivity index (χ1v) is 7.07.